The topological polar surface area (TPSA) is 21.3 Å². The van der Waals surface area contributed by atoms with Crippen LogP contribution in [0.3, 0.4) is 0 Å². The van der Waals surface area contributed by atoms with E-state index in [2.05, 4.69) is 5.32 Å². The zero-order valence-corrected chi connectivity index (χ0v) is 11.3. The first kappa shape index (κ1) is 12.9. The minimum atomic E-state index is -0.194. The van der Waals surface area contributed by atoms with Gasteiger partial charge in [-0.1, -0.05) is 6.42 Å². The third-order valence-corrected chi connectivity index (χ3v) is 3.96. The van der Waals surface area contributed by atoms with Crippen LogP contribution in [0, 0.1) is 5.82 Å². The first-order valence-electron chi connectivity index (χ1n) is 7.49. The fourth-order valence-corrected chi connectivity index (χ4v) is 2.72. The van der Waals surface area contributed by atoms with Gasteiger partial charge in [-0.15, -0.1) is 0 Å². The third kappa shape index (κ3) is 3.93. The second-order valence-corrected chi connectivity index (χ2v) is 5.83. The summed E-state index contributed by atoms with van der Waals surface area (Å²) < 4.78 is 19.5. The van der Waals surface area contributed by atoms with Crippen LogP contribution in [-0.4, -0.2) is 12.1 Å². The van der Waals surface area contributed by atoms with Crippen molar-refractivity contribution in [1.29, 1.82) is 0 Å². The second-order valence-electron chi connectivity index (χ2n) is 5.83. The highest BCUT2D eigenvalue weighted by molar-refractivity contribution is 5.30. The highest BCUT2D eigenvalue weighted by Gasteiger charge is 2.20. The molecule has 1 aromatic carbocycles. The zero-order chi connectivity index (χ0) is 13.1. The van der Waals surface area contributed by atoms with Crippen LogP contribution < -0.4 is 10.1 Å². The SMILES string of the molecule is Fc1cc(CNC2CC2)cc(OC2CCCCC2)c1. The summed E-state index contributed by atoms with van der Waals surface area (Å²) in [5.74, 6) is 0.500. The molecule has 0 radical (unpaired) electrons. The molecule has 0 atom stereocenters. The molecule has 0 spiro atoms. The summed E-state index contributed by atoms with van der Waals surface area (Å²) in [6, 6.07) is 5.73. The molecule has 0 amide bonds. The van der Waals surface area contributed by atoms with Crippen LogP contribution in [0.4, 0.5) is 4.39 Å². The molecule has 0 unspecified atom stereocenters. The Morgan fingerprint density at radius 1 is 1.05 bits per heavy atom. The van der Waals surface area contributed by atoms with E-state index in [-0.39, 0.29) is 11.9 Å². The molecule has 0 aromatic heterocycles. The lowest BCUT2D eigenvalue weighted by molar-refractivity contribution is 0.154. The Kier molecular flexibility index (Phi) is 4.02. The number of halogens is 1. The van der Waals surface area contributed by atoms with Crippen LogP contribution in [0.2, 0.25) is 0 Å². The average Bonchev–Trinajstić information content (AvgIpc) is 3.21. The Balaban J connectivity index is 1.62. The van der Waals surface area contributed by atoms with Crippen molar-refractivity contribution in [2.45, 2.75) is 63.6 Å². The maximum Gasteiger partial charge on any atom is 0.127 e. The first-order chi connectivity index (χ1) is 9.29. The Morgan fingerprint density at radius 2 is 1.84 bits per heavy atom. The molecular formula is C16H22FNO. The van der Waals surface area contributed by atoms with Gasteiger partial charge in [0.05, 0.1) is 6.10 Å². The molecule has 0 aliphatic heterocycles. The van der Waals surface area contributed by atoms with Gasteiger partial charge in [0.25, 0.3) is 0 Å². The van der Waals surface area contributed by atoms with E-state index < -0.39 is 0 Å². The smallest absolute Gasteiger partial charge is 0.127 e. The van der Waals surface area contributed by atoms with Crippen LogP contribution in [0.5, 0.6) is 5.75 Å². The molecule has 2 nitrogen and oxygen atoms in total. The highest BCUT2D eigenvalue weighted by atomic mass is 19.1. The Labute approximate surface area is 114 Å². The molecule has 2 fully saturated rings. The second kappa shape index (κ2) is 5.91. The Hall–Kier alpha value is -1.09. The fraction of sp³-hybridized carbons (Fsp3) is 0.625. The van der Waals surface area contributed by atoms with E-state index in [9.17, 15) is 4.39 Å². The van der Waals surface area contributed by atoms with Gasteiger partial charge < -0.3 is 10.1 Å². The molecule has 19 heavy (non-hydrogen) atoms. The third-order valence-electron chi connectivity index (χ3n) is 3.96. The van der Waals surface area contributed by atoms with E-state index in [0.717, 1.165) is 24.9 Å². The molecular weight excluding hydrogens is 241 g/mol. The molecule has 0 saturated heterocycles. The lowest BCUT2D eigenvalue weighted by Gasteiger charge is -2.23. The zero-order valence-electron chi connectivity index (χ0n) is 11.3. The molecule has 1 aromatic rings. The molecule has 2 aliphatic carbocycles. The number of hydrogen-bond donors (Lipinski definition) is 1. The molecule has 3 heteroatoms. The number of nitrogens with one attached hydrogen (secondary N) is 1. The maximum atomic E-state index is 13.6. The van der Waals surface area contributed by atoms with Crippen molar-refractivity contribution in [1.82, 2.24) is 5.32 Å². The van der Waals surface area contributed by atoms with Gasteiger partial charge in [-0.2, -0.15) is 0 Å². The molecule has 2 aliphatic rings. The van der Waals surface area contributed by atoms with Crippen molar-refractivity contribution in [2.24, 2.45) is 0 Å². The summed E-state index contributed by atoms with van der Waals surface area (Å²) in [5.41, 5.74) is 0.984. The van der Waals surface area contributed by atoms with Gasteiger partial charge in [-0.05, 0) is 56.2 Å². The summed E-state index contributed by atoms with van der Waals surface area (Å²) in [5, 5.41) is 3.41. The molecule has 2 saturated carbocycles. The molecule has 1 N–H and O–H groups in total. The first-order valence-corrected chi connectivity index (χ1v) is 7.49. The van der Waals surface area contributed by atoms with E-state index in [1.165, 1.54) is 38.2 Å². The Morgan fingerprint density at radius 3 is 2.58 bits per heavy atom. The summed E-state index contributed by atoms with van der Waals surface area (Å²) in [7, 11) is 0. The van der Waals surface area contributed by atoms with Crippen LogP contribution in [0.1, 0.15) is 50.5 Å². The van der Waals surface area contributed by atoms with Crippen molar-refractivity contribution >= 4 is 0 Å². The van der Waals surface area contributed by atoms with Crippen molar-refractivity contribution in [3.63, 3.8) is 0 Å². The standard InChI is InChI=1S/C16H22FNO/c17-13-8-12(11-18-14-6-7-14)9-16(10-13)19-15-4-2-1-3-5-15/h8-10,14-15,18H,1-7,11H2. The predicted molar refractivity (Wildman–Crippen MR) is 73.8 cm³/mol. The van der Waals surface area contributed by atoms with E-state index in [1.54, 1.807) is 6.07 Å². The van der Waals surface area contributed by atoms with Gasteiger partial charge in [0.15, 0.2) is 0 Å². The number of rotatable bonds is 5. The van der Waals surface area contributed by atoms with Crippen molar-refractivity contribution in [3.8, 4) is 5.75 Å². The minimum Gasteiger partial charge on any atom is -0.490 e. The molecule has 104 valence electrons. The number of ether oxygens (including phenoxy) is 1. The summed E-state index contributed by atoms with van der Waals surface area (Å²) in [6.45, 7) is 0.740. The summed E-state index contributed by atoms with van der Waals surface area (Å²) in [6.07, 6.45) is 8.76. The monoisotopic (exact) mass is 263 g/mol. The number of benzene rings is 1. The van der Waals surface area contributed by atoms with Gasteiger partial charge in [-0.25, -0.2) is 4.39 Å². The van der Waals surface area contributed by atoms with Crippen LogP contribution in [-0.2, 0) is 6.54 Å². The fourth-order valence-electron chi connectivity index (χ4n) is 2.72. The van der Waals surface area contributed by atoms with E-state index in [4.69, 9.17) is 4.74 Å². The molecule has 0 bridgehead atoms. The van der Waals surface area contributed by atoms with Crippen LogP contribution in [0.25, 0.3) is 0 Å². The average molecular weight is 263 g/mol. The predicted octanol–water partition coefficient (Wildman–Crippen LogP) is 3.79. The molecule has 0 heterocycles. The van der Waals surface area contributed by atoms with Gasteiger partial charge in [0.1, 0.15) is 11.6 Å². The maximum absolute atomic E-state index is 13.6. The minimum absolute atomic E-state index is 0.194. The van der Waals surface area contributed by atoms with Crippen molar-refractivity contribution < 1.29 is 9.13 Å². The highest BCUT2D eigenvalue weighted by Crippen LogP contribution is 2.25. The van der Waals surface area contributed by atoms with Crippen LogP contribution in [0.15, 0.2) is 18.2 Å². The van der Waals surface area contributed by atoms with E-state index in [0.29, 0.717) is 11.8 Å². The number of hydrogen-bond acceptors (Lipinski definition) is 2. The quantitative estimate of drug-likeness (QED) is 0.872. The summed E-state index contributed by atoms with van der Waals surface area (Å²) >= 11 is 0. The van der Waals surface area contributed by atoms with Gasteiger partial charge in [0, 0.05) is 18.7 Å². The van der Waals surface area contributed by atoms with Gasteiger partial charge >= 0.3 is 0 Å². The van der Waals surface area contributed by atoms with Crippen LogP contribution >= 0.6 is 0 Å². The lowest BCUT2D eigenvalue weighted by atomic mass is 9.98. The Bertz CT molecular complexity index is 425. The van der Waals surface area contributed by atoms with Crippen molar-refractivity contribution in [2.75, 3.05) is 0 Å². The largest absolute Gasteiger partial charge is 0.490 e. The van der Waals surface area contributed by atoms with E-state index in [1.807, 2.05) is 6.07 Å². The van der Waals surface area contributed by atoms with Crippen molar-refractivity contribution in [3.05, 3.63) is 29.6 Å². The summed E-state index contributed by atoms with van der Waals surface area (Å²) in [4.78, 5) is 0. The van der Waals surface area contributed by atoms with Gasteiger partial charge in [-0.3, -0.25) is 0 Å². The normalized spacial score (nSPS) is 20.5. The van der Waals surface area contributed by atoms with Gasteiger partial charge in [0.2, 0.25) is 0 Å². The van der Waals surface area contributed by atoms with E-state index >= 15 is 0 Å². The molecule has 3 rings (SSSR count). The lowest BCUT2D eigenvalue weighted by Crippen LogP contribution is -2.20.